The van der Waals surface area contributed by atoms with E-state index in [1.54, 1.807) is 26.0 Å². The zero-order valence-electron chi connectivity index (χ0n) is 16.1. The second-order valence-electron chi connectivity index (χ2n) is 7.47. The Morgan fingerprint density at radius 2 is 1.93 bits per heavy atom. The largest absolute Gasteiger partial charge is 0.586 e. The summed E-state index contributed by atoms with van der Waals surface area (Å²) in [7, 11) is 0. The number of ether oxygens (including phenoxy) is 2. The van der Waals surface area contributed by atoms with Crippen LogP contribution in [0.4, 0.5) is 8.78 Å². The summed E-state index contributed by atoms with van der Waals surface area (Å²) in [4.78, 5) is 33.2. The lowest BCUT2D eigenvalue weighted by atomic mass is 9.93. The lowest BCUT2D eigenvalue weighted by Gasteiger charge is -2.33. The van der Waals surface area contributed by atoms with Crippen molar-refractivity contribution in [1.29, 1.82) is 0 Å². The second-order valence-corrected chi connectivity index (χ2v) is 7.47. The van der Waals surface area contributed by atoms with Crippen molar-refractivity contribution in [2.75, 3.05) is 0 Å². The maximum absolute atomic E-state index is 13.3. The van der Waals surface area contributed by atoms with Gasteiger partial charge in [-0.1, -0.05) is 6.07 Å². The van der Waals surface area contributed by atoms with Crippen molar-refractivity contribution < 1.29 is 27.8 Å². The Bertz CT molecular complexity index is 986. The quantitative estimate of drug-likeness (QED) is 0.685. The molecule has 11 heteroatoms. The molecule has 1 saturated heterocycles. The fourth-order valence-corrected chi connectivity index (χ4v) is 3.28. The Kier molecular flexibility index (Phi) is 4.77. The minimum absolute atomic E-state index is 0.0708. The molecule has 0 bridgehead atoms. The second kappa shape index (κ2) is 7.17. The molecule has 1 aromatic heterocycles. The Hall–Kier alpha value is -3.34. The monoisotopic (exact) mass is 419 g/mol. The number of hydrogen-bond donors (Lipinski definition) is 3. The lowest BCUT2D eigenvalue weighted by Crippen LogP contribution is -2.58. The van der Waals surface area contributed by atoms with Crippen LogP contribution in [0.15, 0.2) is 36.7 Å². The predicted molar refractivity (Wildman–Crippen MR) is 98.3 cm³/mol. The Morgan fingerprint density at radius 3 is 2.67 bits per heavy atom. The number of halogens is 2. The van der Waals surface area contributed by atoms with Crippen LogP contribution in [0.25, 0.3) is 0 Å². The number of carbonyl (C=O) groups excluding carboxylic acids is 2. The van der Waals surface area contributed by atoms with E-state index in [2.05, 4.69) is 35.4 Å². The smallest absolute Gasteiger partial charge is 0.395 e. The average Bonchev–Trinajstić information content (AvgIpc) is 3.00. The van der Waals surface area contributed by atoms with E-state index in [4.69, 9.17) is 0 Å². The van der Waals surface area contributed by atoms with Gasteiger partial charge in [-0.25, -0.2) is 9.97 Å². The van der Waals surface area contributed by atoms with Gasteiger partial charge in [-0.15, -0.1) is 8.78 Å². The third-order valence-corrected chi connectivity index (χ3v) is 4.78. The number of rotatable bonds is 4. The highest BCUT2D eigenvalue weighted by molar-refractivity contribution is 5.90. The first kappa shape index (κ1) is 20.0. The Balaban J connectivity index is 1.48. The predicted octanol–water partition coefficient (Wildman–Crippen LogP) is 1.33. The summed E-state index contributed by atoms with van der Waals surface area (Å²) in [6.07, 6.45) is -1.43. The number of nitrogens with zero attached hydrogens (tertiary/aromatic N) is 2. The molecule has 2 aliphatic heterocycles. The molecule has 3 heterocycles. The molecule has 30 heavy (non-hydrogen) atoms. The summed E-state index contributed by atoms with van der Waals surface area (Å²) in [5.41, 5.74) is -0.416. The number of nitrogens with one attached hydrogen (secondary N) is 3. The normalized spacial score (nSPS) is 22.3. The van der Waals surface area contributed by atoms with Crippen LogP contribution in [0, 0.1) is 0 Å². The van der Waals surface area contributed by atoms with Crippen molar-refractivity contribution in [1.82, 2.24) is 25.9 Å². The summed E-state index contributed by atoms with van der Waals surface area (Å²) in [6, 6.07) is 5.12. The molecule has 4 rings (SSSR count). The van der Waals surface area contributed by atoms with Gasteiger partial charge in [-0.2, -0.15) is 0 Å². The highest BCUT2D eigenvalue weighted by atomic mass is 19.3. The number of carbonyl (C=O) groups is 2. The Morgan fingerprint density at radius 1 is 1.23 bits per heavy atom. The topological polar surface area (TPSA) is 114 Å². The molecule has 2 unspecified atom stereocenters. The molecule has 2 amide bonds. The number of benzene rings is 1. The molecule has 0 aliphatic carbocycles. The molecule has 0 spiro atoms. The van der Waals surface area contributed by atoms with Gasteiger partial charge < -0.3 is 20.1 Å². The highest BCUT2D eigenvalue weighted by Crippen LogP contribution is 2.42. The van der Waals surface area contributed by atoms with Gasteiger partial charge >= 0.3 is 6.29 Å². The fraction of sp³-hybridized carbons (Fsp3) is 0.368. The standard InChI is InChI=1S/C19H19F2N5O4/c1-18(2,10-4-5-12-13(8-10)30-19(20,21)29-12)26-17(28)11-9-14(27)25-16(24-11)15-22-6-3-7-23-15/h3-8,11,16,24H,9H2,1-2H3,(H,25,27)(H,26,28). The minimum Gasteiger partial charge on any atom is -0.395 e. The van der Waals surface area contributed by atoms with Gasteiger partial charge in [-0.05, 0) is 37.6 Å². The van der Waals surface area contributed by atoms with E-state index in [9.17, 15) is 18.4 Å². The first-order chi connectivity index (χ1) is 14.1. The van der Waals surface area contributed by atoms with Crippen LogP contribution in [0.2, 0.25) is 0 Å². The van der Waals surface area contributed by atoms with E-state index < -0.39 is 29.9 Å². The molecule has 2 aliphatic rings. The molecular formula is C19H19F2N5O4. The van der Waals surface area contributed by atoms with E-state index in [1.807, 2.05) is 0 Å². The van der Waals surface area contributed by atoms with Crippen LogP contribution in [-0.2, 0) is 15.1 Å². The van der Waals surface area contributed by atoms with Crippen LogP contribution in [-0.4, -0.2) is 34.1 Å². The van der Waals surface area contributed by atoms with E-state index in [0.29, 0.717) is 11.4 Å². The van der Waals surface area contributed by atoms with Gasteiger partial charge in [0, 0.05) is 12.4 Å². The maximum atomic E-state index is 13.3. The summed E-state index contributed by atoms with van der Waals surface area (Å²) < 4.78 is 35.4. The highest BCUT2D eigenvalue weighted by Gasteiger charge is 2.44. The summed E-state index contributed by atoms with van der Waals surface area (Å²) in [5, 5.41) is 8.55. The molecular weight excluding hydrogens is 400 g/mol. The van der Waals surface area contributed by atoms with Crippen molar-refractivity contribution in [3.8, 4) is 11.5 Å². The van der Waals surface area contributed by atoms with Crippen LogP contribution in [0.5, 0.6) is 11.5 Å². The third kappa shape index (κ3) is 4.01. The van der Waals surface area contributed by atoms with E-state index in [-0.39, 0.29) is 23.8 Å². The van der Waals surface area contributed by atoms with Crippen LogP contribution >= 0.6 is 0 Å². The van der Waals surface area contributed by atoms with Crippen LogP contribution in [0.3, 0.4) is 0 Å². The first-order valence-corrected chi connectivity index (χ1v) is 9.18. The molecule has 9 nitrogen and oxygen atoms in total. The third-order valence-electron chi connectivity index (χ3n) is 4.78. The number of amides is 2. The van der Waals surface area contributed by atoms with Crippen molar-refractivity contribution in [3.63, 3.8) is 0 Å². The number of fused-ring (bicyclic) bond motifs is 1. The first-order valence-electron chi connectivity index (χ1n) is 9.18. The molecule has 1 fully saturated rings. The van der Waals surface area contributed by atoms with Crippen molar-refractivity contribution in [2.24, 2.45) is 0 Å². The van der Waals surface area contributed by atoms with Gasteiger partial charge in [0.1, 0.15) is 6.17 Å². The van der Waals surface area contributed by atoms with E-state index >= 15 is 0 Å². The lowest BCUT2D eigenvalue weighted by molar-refractivity contribution is -0.286. The van der Waals surface area contributed by atoms with Crippen LogP contribution < -0.4 is 25.4 Å². The fourth-order valence-electron chi connectivity index (χ4n) is 3.28. The number of aromatic nitrogens is 2. The van der Waals surface area contributed by atoms with Gasteiger partial charge in [0.05, 0.1) is 18.0 Å². The SMILES string of the molecule is CC(C)(NC(=O)C1CC(=O)NC(c2ncccn2)N1)c1ccc2c(c1)OC(F)(F)O2. The number of hydrogen-bond acceptors (Lipinski definition) is 7. The molecule has 0 saturated carbocycles. The van der Waals surface area contributed by atoms with Crippen molar-refractivity contribution in [3.05, 3.63) is 48.0 Å². The van der Waals surface area contributed by atoms with E-state index in [1.165, 1.54) is 24.5 Å². The van der Waals surface area contributed by atoms with Crippen molar-refractivity contribution >= 4 is 11.8 Å². The van der Waals surface area contributed by atoms with Crippen LogP contribution in [0.1, 0.15) is 37.8 Å². The summed E-state index contributed by atoms with van der Waals surface area (Å²) in [6.45, 7) is 3.42. The van der Waals surface area contributed by atoms with E-state index in [0.717, 1.165) is 0 Å². The molecule has 2 aromatic rings. The van der Waals surface area contributed by atoms with Gasteiger partial charge in [0.25, 0.3) is 0 Å². The summed E-state index contributed by atoms with van der Waals surface area (Å²) in [5.74, 6) is -0.619. The molecule has 1 aromatic carbocycles. The minimum atomic E-state index is -3.72. The summed E-state index contributed by atoms with van der Waals surface area (Å²) >= 11 is 0. The number of alkyl halides is 2. The molecule has 3 N–H and O–H groups in total. The van der Waals surface area contributed by atoms with Gasteiger partial charge in [0.2, 0.25) is 11.8 Å². The average molecular weight is 419 g/mol. The zero-order valence-corrected chi connectivity index (χ0v) is 16.1. The molecule has 158 valence electrons. The van der Waals surface area contributed by atoms with Crippen molar-refractivity contribution in [2.45, 2.75) is 44.3 Å². The van der Waals surface area contributed by atoms with Gasteiger partial charge in [0.15, 0.2) is 17.3 Å². The molecule has 2 atom stereocenters. The Labute approximate surface area is 170 Å². The maximum Gasteiger partial charge on any atom is 0.586 e. The molecule has 0 radical (unpaired) electrons. The zero-order chi connectivity index (χ0) is 21.5. The van der Waals surface area contributed by atoms with Gasteiger partial charge in [-0.3, -0.25) is 14.9 Å².